The molecule has 2 unspecified atom stereocenters. The van der Waals surface area contributed by atoms with E-state index in [4.69, 9.17) is 5.26 Å². The lowest BCUT2D eigenvalue weighted by Crippen LogP contribution is -2.38. The van der Waals surface area contributed by atoms with Crippen LogP contribution in [0.3, 0.4) is 0 Å². The zero-order valence-electron chi connectivity index (χ0n) is 6.25. The van der Waals surface area contributed by atoms with Gasteiger partial charge >= 0.3 is 6.18 Å². The standard InChI is InChI=1S/C7H4F3N2O/c8-7(9,10)5-1-2-12-6(13)4(5)3-11/h1-2,4-5H. The summed E-state index contributed by atoms with van der Waals surface area (Å²) in [7, 11) is 0. The Labute approximate surface area is 71.8 Å². The van der Waals surface area contributed by atoms with Crippen LogP contribution in [0.5, 0.6) is 0 Å². The Hall–Kier alpha value is -1.51. The number of alkyl halides is 3. The smallest absolute Gasteiger partial charge is 0.271 e. The van der Waals surface area contributed by atoms with Gasteiger partial charge in [-0.3, -0.25) is 4.79 Å². The van der Waals surface area contributed by atoms with E-state index in [1.54, 1.807) is 0 Å². The van der Waals surface area contributed by atoms with Gasteiger partial charge in [-0.2, -0.15) is 18.4 Å². The molecule has 0 aromatic carbocycles. The van der Waals surface area contributed by atoms with Crippen LogP contribution in [0.1, 0.15) is 0 Å². The van der Waals surface area contributed by atoms with Gasteiger partial charge in [0.2, 0.25) is 0 Å². The molecule has 0 aromatic heterocycles. The maximum atomic E-state index is 12.2. The first-order valence-corrected chi connectivity index (χ1v) is 3.34. The minimum Gasteiger partial charge on any atom is -0.271 e. The zero-order valence-corrected chi connectivity index (χ0v) is 6.25. The second-order valence-electron chi connectivity index (χ2n) is 2.48. The molecule has 0 aliphatic carbocycles. The van der Waals surface area contributed by atoms with Crippen molar-refractivity contribution in [3.05, 3.63) is 12.3 Å². The molecule has 2 atom stereocenters. The van der Waals surface area contributed by atoms with Crippen LogP contribution >= 0.6 is 0 Å². The number of carbonyl (C=O) groups excluding carboxylic acids is 1. The van der Waals surface area contributed by atoms with Gasteiger partial charge in [-0.1, -0.05) is 6.08 Å². The second-order valence-corrected chi connectivity index (χ2v) is 2.48. The molecular formula is C7H4F3N2O. The quantitative estimate of drug-likeness (QED) is 0.569. The molecule has 0 bridgehead atoms. The van der Waals surface area contributed by atoms with E-state index in [0.717, 1.165) is 12.3 Å². The number of allylic oxidation sites excluding steroid dienone is 1. The summed E-state index contributed by atoms with van der Waals surface area (Å²) in [6, 6.07) is 1.30. The molecule has 1 heterocycles. The highest BCUT2D eigenvalue weighted by atomic mass is 19.4. The van der Waals surface area contributed by atoms with E-state index in [1.165, 1.54) is 6.07 Å². The lowest BCUT2D eigenvalue weighted by molar-refractivity contribution is -0.175. The van der Waals surface area contributed by atoms with Crippen molar-refractivity contribution in [3.63, 3.8) is 0 Å². The fourth-order valence-corrected chi connectivity index (χ4v) is 0.988. The van der Waals surface area contributed by atoms with E-state index in [1.807, 2.05) is 0 Å². The fourth-order valence-electron chi connectivity index (χ4n) is 0.988. The number of nitriles is 1. The maximum absolute atomic E-state index is 12.2. The average molecular weight is 189 g/mol. The first-order valence-electron chi connectivity index (χ1n) is 3.34. The Morgan fingerprint density at radius 1 is 1.54 bits per heavy atom. The molecule has 0 aromatic rings. The predicted molar refractivity (Wildman–Crippen MR) is 34.9 cm³/mol. The van der Waals surface area contributed by atoms with Gasteiger partial charge in [0.15, 0.2) is 0 Å². The van der Waals surface area contributed by atoms with Gasteiger partial charge in [0, 0.05) is 6.20 Å². The minimum atomic E-state index is -4.57. The highest BCUT2D eigenvalue weighted by molar-refractivity contribution is 5.83. The molecule has 1 rings (SSSR count). The molecular weight excluding hydrogens is 185 g/mol. The second kappa shape index (κ2) is 3.09. The van der Waals surface area contributed by atoms with Crippen LogP contribution < -0.4 is 5.32 Å². The van der Waals surface area contributed by atoms with E-state index >= 15 is 0 Å². The van der Waals surface area contributed by atoms with Crippen LogP contribution in [0.15, 0.2) is 12.3 Å². The van der Waals surface area contributed by atoms with Crippen molar-refractivity contribution in [2.45, 2.75) is 6.18 Å². The van der Waals surface area contributed by atoms with Crippen LogP contribution in [-0.4, -0.2) is 12.1 Å². The average Bonchev–Trinajstić information content (AvgIpc) is 2.02. The van der Waals surface area contributed by atoms with Crippen molar-refractivity contribution < 1.29 is 18.0 Å². The SMILES string of the molecule is N#CC1C(=O)[N]C=CC1C(F)(F)F. The summed E-state index contributed by atoms with van der Waals surface area (Å²) in [5, 5.41) is 11.4. The largest absolute Gasteiger partial charge is 0.397 e. The summed E-state index contributed by atoms with van der Waals surface area (Å²) < 4.78 is 36.5. The molecule has 1 aliphatic heterocycles. The Morgan fingerprint density at radius 3 is 2.54 bits per heavy atom. The number of nitrogens with zero attached hydrogens (tertiary/aromatic N) is 2. The molecule has 1 radical (unpaired) electrons. The highest BCUT2D eigenvalue weighted by Crippen LogP contribution is 2.34. The molecule has 0 fully saturated rings. The van der Waals surface area contributed by atoms with Gasteiger partial charge in [0.25, 0.3) is 5.91 Å². The summed E-state index contributed by atoms with van der Waals surface area (Å²) >= 11 is 0. The Morgan fingerprint density at radius 2 is 2.15 bits per heavy atom. The first-order chi connectivity index (χ1) is 5.96. The van der Waals surface area contributed by atoms with Gasteiger partial charge in [-0.15, -0.1) is 0 Å². The van der Waals surface area contributed by atoms with Crippen molar-refractivity contribution in [2.75, 3.05) is 0 Å². The first kappa shape index (κ1) is 9.58. The Bertz CT molecular complexity index is 289. The summed E-state index contributed by atoms with van der Waals surface area (Å²) in [5.41, 5.74) is 0. The van der Waals surface area contributed by atoms with Crippen molar-refractivity contribution in [1.82, 2.24) is 5.32 Å². The summed E-state index contributed by atoms with van der Waals surface area (Å²) in [6.07, 6.45) is -3.06. The van der Waals surface area contributed by atoms with Crippen LogP contribution in [0.25, 0.3) is 0 Å². The summed E-state index contributed by atoms with van der Waals surface area (Å²) in [5.74, 6) is -4.79. The molecule has 13 heavy (non-hydrogen) atoms. The van der Waals surface area contributed by atoms with Crippen molar-refractivity contribution >= 4 is 5.91 Å². The van der Waals surface area contributed by atoms with Gasteiger partial charge < -0.3 is 0 Å². The third-order valence-electron chi connectivity index (χ3n) is 1.64. The summed E-state index contributed by atoms with van der Waals surface area (Å²) in [6.45, 7) is 0. The van der Waals surface area contributed by atoms with E-state index in [-0.39, 0.29) is 0 Å². The number of amides is 1. The number of carbonyl (C=O) groups is 1. The minimum absolute atomic E-state index is 0.718. The van der Waals surface area contributed by atoms with Crippen molar-refractivity contribution in [2.24, 2.45) is 11.8 Å². The third-order valence-corrected chi connectivity index (χ3v) is 1.64. The molecule has 3 nitrogen and oxygen atoms in total. The normalized spacial score (nSPS) is 28.0. The van der Waals surface area contributed by atoms with Crippen molar-refractivity contribution in [1.29, 1.82) is 5.26 Å². The van der Waals surface area contributed by atoms with E-state index in [0.29, 0.717) is 0 Å². The van der Waals surface area contributed by atoms with Crippen molar-refractivity contribution in [3.8, 4) is 6.07 Å². The molecule has 1 amide bonds. The highest BCUT2D eigenvalue weighted by Gasteiger charge is 2.47. The third kappa shape index (κ3) is 1.80. The maximum Gasteiger partial charge on any atom is 0.397 e. The molecule has 69 valence electrons. The lowest BCUT2D eigenvalue weighted by Gasteiger charge is -2.22. The molecule has 0 spiro atoms. The predicted octanol–water partition coefficient (Wildman–Crippen LogP) is 0.963. The lowest BCUT2D eigenvalue weighted by atomic mass is 9.90. The van der Waals surface area contributed by atoms with Gasteiger partial charge in [0.05, 0.1) is 12.0 Å². The zero-order chi connectivity index (χ0) is 10.1. The molecule has 0 N–H and O–H groups in total. The van der Waals surface area contributed by atoms with Crippen LogP contribution in [0, 0.1) is 23.2 Å². The summed E-state index contributed by atoms with van der Waals surface area (Å²) in [4.78, 5) is 10.7. The monoisotopic (exact) mass is 189 g/mol. The number of rotatable bonds is 0. The fraction of sp³-hybridized carbons (Fsp3) is 0.429. The van der Waals surface area contributed by atoms with Crippen LogP contribution in [-0.2, 0) is 4.79 Å². The van der Waals surface area contributed by atoms with Gasteiger partial charge in [-0.05, 0) is 0 Å². The Balaban J connectivity index is 2.96. The van der Waals surface area contributed by atoms with E-state index < -0.39 is 23.9 Å². The molecule has 0 saturated carbocycles. The number of halogens is 3. The van der Waals surface area contributed by atoms with E-state index in [2.05, 4.69) is 5.32 Å². The van der Waals surface area contributed by atoms with Gasteiger partial charge in [-0.25, -0.2) is 5.32 Å². The topological polar surface area (TPSA) is 55.0 Å². The molecule has 0 saturated heterocycles. The molecule has 6 heteroatoms. The Kier molecular flexibility index (Phi) is 2.28. The number of hydrogen-bond acceptors (Lipinski definition) is 2. The van der Waals surface area contributed by atoms with Gasteiger partial charge in [0.1, 0.15) is 5.92 Å². The van der Waals surface area contributed by atoms with E-state index in [9.17, 15) is 18.0 Å². The van der Waals surface area contributed by atoms with Crippen LogP contribution in [0.4, 0.5) is 13.2 Å². The molecule has 1 aliphatic rings. The number of hydrogen-bond donors (Lipinski definition) is 0. The van der Waals surface area contributed by atoms with Crippen LogP contribution in [0.2, 0.25) is 0 Å².